The molecule has 0 atom stereocenters. The molecule has 0 unspecified atom stereocenters. The number of hydrogen-bond acceptors (Lipinski definition) is 2. The average molecular weight is 304 g/mol. The summed E-state index contributed by atoms with van der Waals surface area (Å²) in [5.74, 6) is 0.775. The van der Waals surface area contributed by atoms with Crippen LogP contribution >= 0.6 is 11.6 Å². The number of rotatable bonds is 4. The summed E-state index contributed by atoms with van der Waals surface area (Å²) in [6.07, 6.45) is 12.0. The van der Waals surface area contributed by atoms with Crippen molar-refractivity contribution in [2.75, 3.05) is 11.9 Å². The van der Waals surface area contributed by atoms with Crippen LogP contribution in [0.15, 0.2) is 36.7 Å². The van der Waals surface area contributed by atoms with Crippen molar-refractivity contribution in [2.24, 2.45) is 5.92 Å². The Morgan fingerprint density at radius 3 is 2.71 bits per heavy atom. The standard InChI is InChI=1S/C17H22ClN3/c18-15-8-9-17(21-11-5-10-20-21)16(12-15)19-13-14-6-3-1-2-4-7-14/h5,8-12,14,19H,1-4,6-7,13H2. The molecule has 0 saturated heterocycles. The highest BCUT2D eigenvalue weighted by atomic mass is 35.5. The van der Waals surface area contributed by atoms with Crippen molar-refractivity contribution in [3.63, 3.8) is 0 Å². The number of anilines is 1. The Hall–Kier alpha value is -1.48. The quantitative estimate of drug-likeness (QED) is 0.813. The van der Waals surface area contributed by atoms with Crippen molar-refractivity contribution in [1.29, 1.82) is 0 Å². The van der Waals surface area contributed by atoms with Gasteiger partial charge in [-0.1, -0.05) is 37.3 Å². The van der Waals surface area contributed by atoms with Crippen LogP contribution in [0.3, 0.4) is 0 Å². The van der Waals surface area contributed by atoms with Crippen LogP contribution in [0.1, 0.15) is 38.5 Å². The van der Waals surface area contributed by atoms with Gasteiger partial charge in [-0.05, 0) is 43.0 Å². The van der Waals surface area contributed by atoms with Gasteiger partial charge in [0, 0.05) is 24.0 Å². The van der Waals surface area contributed by atoms with E-state index in [1.54, 1.807) is 6.20 Å². The van der Waals surface area contributed by atoms with Gasteiger partial charge in [0.1, 0.15) is 0 Å². The fourth-order valence-electron chi connectivity index (χ4n) is 3.08. The number of nitrogens with zero attached hydrogens (tertiary/aromatic N) is 2. The predicted molar refractivity (Wildman–Crippen MR) is 88.3 cm³/mol. The first-order valence-corrected chi connectivity index (χ1v) is 8.24. The second-order valence-corrected chi connectivity index (χ2v) is 6.29. The zero-order valence-electron chi connectivity index (χ0n) is 12.3. The SMILES string of the molecule is Clc1ccc(-n2cccn2)c(NCC2CCCCCC2)c1. The van der Waals surface area contributed by atoms with E-state index in [1.165, 1.54) is 38.5 Å². The normalized spacial score (nSPS) is 16.6. The lowest BCUT2D eigenvalue weighted by atomic mass is 10.0. The second kappa shape index (κ2) is 6.99. The van der Waals surface area contributed by atoms with E-state index in [0.717, 1.165) is 28.9 Å². The van der Waals surface area contributed by atoms with Crippen molar-refractivity contribution in [3.8, 4) is 5.69 Å². The van der Waals surface area contributed by atoms with Gasteiger partial charge < -0.3 is 5.32 Å². The van der Waals surface area contributed by atoms with Gasteiger partial charge in [0.05, 0.1) is 11.4 Å². The van der Waals surface area contributed by atoms with E-state index in [1.807, 2.05) is 35.1 Å². The maximum atomic E-state index is 6.16. The zero-order valence-corrected chi connectivity index (χ0v) is 13.0. The molecule has 1 aliphatic carbocycles. The van der Waals surface area contributed by atoms with E-state index in [0.29, 0.717) is 0 Å². The van der Waals surface area contributed by atoms with Gasteiger partial charge in [-0.3, -0.25) is 0 Å². The van der Waals surface area contributed by atoms with Crippen molar-refractivity contribution in [3.05, 3.63) is 41.7 Å². The fraction of sp³-hybridized carbons (Fsp3) is 0.471. The first-order chi connectivity index (χ1) is 10.3. The molecule has 2 aromatic rings. The number of nitrogens with one attached hydrogen (secondary N) is 1. The summed E-state index contributed by atoms with van der Waals surface area (Å²) in [7, 11) is 0. The van der Waals surface area contributed by atoms with Gasteiger partial charge in [-0.2, -0.15) is 5.10 Å². The van der Waals surface area contributed by atoms with Crippen LogP contribution in [0.25, 0.3) is 5.69 Å². The second-order valence-electron chi connectivity index (χ2n) is 5.85. The summed E-state index contributed by atoms with van der Waals surface area (Å²) in [6.45, 7) is 1.02. The van der Waals surface area contributed by atoms with E-state index in [9.17, 15) is 0 Å². The van der Waals surface area contributed by atoms with Crippen molar-refractivity contribution in [2.45, 2.75) is 38.5 Å². The summed E-state index contributed by atoms with van der Waals surface area (Å²) >= 11 is 6.16. The monoisotopic (exact) mass is 303 g/mol. The van der Waals surface area contributed by atoms with Crippen LogP contribution in [0.2, 0.25) is 5.02 Å². The van der Waals surface area contributed by atoms with Gasteiger partial charge in [-0.15, -0.1) is 0 Å². The zero-order chi connectivity index (χ0) is 14.5. The smallest absolute Gasteiger partial charge is 0.0877 e. The highest BCUT2D eigenvalue weighted by Crippen LogP contribution is 2.27. The molecule has 1 aromatic heterocycles. The molecule has 112 valence electrons. The molecule has 0 radical (unpaired) electrons. The maximum absolute atomic E-state index is 6.16. The molecule has 4 heteroatoms. The molecule has 1 heterocycles. The minimum absolute atomic E-state index is 0.759. The third-order valence-corrected chi connectivity index (χ3v) is 4.50. The highest BCUT2D eigenvalue weighted by Gasteiger charge is 2.13. The van der Waals surface area contributed by atoms with E-state index in [2.05, 4.69) is 10.4 Å². The number of benzene rings is 1. The van der Waals surface area contributed by atoms with Crippen LogP contribution in [0.4, 0.5) is 5.69 Å². The first-order valence-electron chi connectivity index (χ1n) is 7.86. The highest BCUT2D eigenvalue weighted by molar-refractivity contribution is 6.31. The Balaban J connectivity index is 1.73. The van der Waals surface area contributed by atoms with E-state index < -0.39 is 0 Å². The first kappa shape index (κ1) is 14.5. The number of aromatic nitrogens is 2. The molecule has 3 nitrogen and oxygen atoms in total. The molecule has 1 aromatic carbocycles. The summed E-state index contributed by atoms with van der Waals surface area (Å²) in [4.78, 5) is 0. The molecule has 1 N–H and O–H groups in total. The van der Waals surface area contributed by atoms with Gasteiger partial charge >= 0.3 is 0 Å². The van der Waals surface area contributed by atoms with Crippen molar-refractivity contribution < 1.29 is 0 Å². The predicted octanol–water partition coefficient (Wildman–Crippen LogP) is 4.91. The number of halogens is 1. The Bertz CT molecular complexity index is 557. The van der Waals surface area contributed by atoms with Crippen molar-refractivity contribution in [1.82, 2.24) is 9.78 Å². The van der Waals surface area contributed by atoms with Crippen LogP contribution < -0.4 is 5.32 Å². The van der Waals surface area contributed by atoms with E-state index in [-0.39, 0.29) is 0 Å². The van der Waals surface area contributed by atoms with Crippen LogP contribution in [-0.4, -0.2) is 16.3 Å². The summed E-state index contributed by atoms with van der Waals surface area (Å²) < 4.78 is 1.88. The number of hydrogen-bond donors (Lipinski definition) is 1. The third kappa shape index (κ3) is 3.79. The minimum atomic E-state index is 0.759. The van der Waals surface area contributed by atoms with Gasteiger partial charge in [-0.25, -0.2) is 4.68 Å². The van der Waals surface area contributed by atoms with E-state index >= 15 is 0 Å². The Morgan fingerprint density at radius 1 is 1.19 bits per heavy atom. The van der Waals surface area contributed by atoms with Crippen LogP contribution in [0.5, 0.6) is 0 Å². The Kier molecular flexibility index (Phi) is 4.81. The molecule has 3 rings (SSSR count). The molecule has 0 spiro atoms. The average Bonchev–Trinajstić information content (AvgIpc) is 2.89. The maximum Gasteiger partial charge on any atom is 0.0877 e. The molecule has 1 fully saturated rings. The molecular formula is C17H22ClN3. The molecular weight excluding hydrogens is 282 g/mol. The molecule has 0 amide bonds. The molecule has 21 heavy (non-hydrogen) atoms. The van der Waals surface area contributed by atoms with Gasteiger partial charge in [0.15, 0.2) is 0 Å². The third-order valence-electron chi connectivity index (χ3n) is 4.27. The molecule has 0 bridgehead atoms. The molecule has 1 aliphatic rings. The van der Waals surface area contributed by atoms with Crippen LogP contribution in [0, 0.1) is 5.92 Å². The molecule has 0 aliphatic heterocycles. The lowest BCUT2D eigenvalue weighted by Crippen LogP contribution is -2.15. The Morgan fingerprint density at radius 2 is 2.00 bits per heavy atom. The summed E-state index contributed by atoms with van der Waals surface area (Å²) in [5.41, 5.74) is 2.12. The lowest BCUT2D eigenvalue weighted by molar-refractivity contribution is 0.483. The lowest BCUT2D eigenvalue weighted by Gasteiger charge is -2.18. The van der Waals surface area contributed by atoms with Gasteiger partial charge in [0.2, 0.25) is 0 Å². The van der Waals surface area contributed by atoms with Crippen molar-refractivity contribution >= 4 is 17.3 Å². The summed E-state index contributed by atoms with van der Waals surface area (Å²) in [6, 6.07) is 7.86. The largest absolute Gasteiger partial charge is 0.383 e. The fourth-order valence-corrected chi connectivity index (χ4v) is 3.26. The topological polar surface area (TPSA) is 29.9 Å². The van der Waals surface area contributed by atoms with Gasteiger partial charge in [0.25, 0.3) is 0 Å². The minimum Gasteiger partial charge on any atom is -0.383 e. The summed E-state index contributed by atoms with van der Waals surface area (Å²) in [5, 5.41) is 8.67. The Labute approximate surface area is 131 Å². The van der Waals surface area contributed by atoms with Crippen LogP contribution in [-0.2, 0) is 0 Å². The molecule has 1 saturated carbocycles. The van der Waals surface area contributed by atoms with E-state index in [4.69, 9.17) is 11.6 Å².